The van der Waals surface area contributed by atoms with Gasteiger partial charge in [0.05, 0.1) is 4.99 Å². The van der Waals surface area contributed by atoms with Crippen LogP contribution in [0.5, 0.6) is 0 Å². The third kappa shape index (κ3) is 3.47. The average Bonchev–Trinajstić information content (AvgIpc) is 2.74. The summed E-state index contributed by atoms with van der Waals surface area (Å²) in [6, 6.07) is 12.0. The zero-order valence-corrected chi connectivity index (χ0v) is 18.9. The second-order valence-corrected chi connectivity index (χ2v) is 11.4. The van der Waals surface area contributed by atoms with Crippen molar-refractivity contribution in [3.8, 4) is 0 Å². The number of hydrogen-bond donors (Lipinski definition) is 2. The average molecular weight is 411 g/mol. The molecular formula is C26H38N2S. The van der Waals surface area contributed by atoms with Crippen molar-refractivity contribution in [3.63, 3.8) is 0 Å². The van der Waals surface area contributed by atoms with E-state index in [1.54, 1.807) is 5.56 Å². The Balaban J connectivity index is 1.34. The molecule has 0 radical (unpaired) electrons. The van der Waals surface area contributed by atoms with Crippen LogP contribution in [0.15, 0.2) is 30.3 Å². The number of nitrogens with two attached hydrogens (primary N) is 1. The topological polar surface area (TPSA) is 38.0 Å². The van der Waals surface area contributed by atoms with Crippen molar-refractivity contribution < 1.29 is 0 Å². The number of rotatable bonds is 5. The molecule has 1 aromatic carbocycles. The van der Waals surface area contributed by atoms with Crippen LogP contribution in [0.3, 0.4) is 0 Å². The maximum Gasteiger partial charge on any atom is 0.0792 e. The van der Waals surface area contributed by atoms with Gasteiger partial charge in [0.25, 0.3) is 0 Å². The van der Waals surface area contributed by atoms with Crippen LogP contribution in [0.1, 0.15) is 76.7 Å². The lowest BCUT2D eigenvalue weighted by Crippen LogP contribution is -2.60. The molecule has 2 nitrogen and oxygen atoms in total. The lowest BCUT2D eigenvalue weighted by atomic mass is 9.40. The van der Waals surface area contributed by atoms with E-state index in [2.05, 4.69) is 42.6 Å². The SMILES string of the molecule is CCC12CC3CC(c4ccccc4)(CC(C1)C3C(=S)N[C@H]1CC[C@H](CN)CC1)C2. The van der Waals surface area contributed by atoms with E-state index in [1.807, 2.05) is 0 Å². The van der Waals surface area contributed by atoms with Gasteiger partial charge >= 0.3 is 0 Å². The Bertz CT molecular complexity index is 720. The van der Waals surface area contributed by atoms with Gasteiger partial charge in [-0.1, -0.05) is 55.9 Å². The number of hydrogen-bond acceptors (Lipinski definition) is 2. The van der Waals surface area contributed by atoms with Crippen LogP contribution in [0, 0.1) is 29.1 Å². The molecule has 6 rings (SSSR count). The summed E-state index contributed by atoms with van der Waals surface area (Å²) in [6.07, 6.45) is 13.3. The van der Waals surface area contributed by atoms with E-state index < -0.39 is 0 Å². The highest BCUT2D eigenvalue weighted by Gasteiger charge is 2.61. The number of benzene rings is 1. The molecule has 5 aliphatic carbocycles. The Morgan fingerprint density at radius 2 is 1.69 bits per heavy atom. The highest BCUT2D eigenvalue weighted by atomic mass is 32.1. The Labute approximate surface area is 182 Å². The van der Waals surface area contributed by atoms with Gasteiger partial charge in [-0.05, 0) is 98.5 Å². The smallest absolute Gasteiger partial charge is 0.0792 e. The molecule has 2 unspecified atom stereocenters. The maximum atomic E-state index is 6.11. The van der Waals surface area contributed by atoms with E-state index in [0.717, 1.165) is 24.3 Å². The zero-order valence-electron chi connectivity index (χ0n) is 18.0. The van der Waals surface area contributed by atoms with Gasteiger partial charge in [-0.2, -0.15) is 0 Å². The molecule has 3 N–H and O–H groups in total. The minimum Gasteiger partial charge on any atom is -0.377 e. The summed E-state index contributed by atoms with van der Waals surface area (Å²) >= 11 is 6.11. The van der Waals surface area contributed by atoms with E-state index in [1.165, 1.54) is 69.2 Å². The molecule has 5 saturated carbocycles. The Morgan fingerprint density at radius 3 is 2.28 bits per heavy atom. The quantitative estimate of drug-likeness (QED) is 0.621. The van der Waals surface area contributed by atoms with E-state index in [-0.39, 0.29) is 0 Å². The summed E-state index contributed by atoms with van der Waals surface area (Å²) in [5.41, 5.74) is 8.46. The zero-order chi connectivity index (χ0) is 20.1. The highest BCUT2D eigenvalue weighted by Crippen LogP contribution is 2.68. The molecule has 5 fully saturated rings. The summed E-state index contributed by atoms with van der Waals surface area (Å²) in [6.45, 7) is 3.29. The largest absolute Gasteiger partial charge is 0.377 e. The molecule has 0 amide bonds. The van der Waals surface area contributed by atoms with Crippen molar-refractivity contribution in [2.24, 2.45) is 34.8 Å². The van der Waals surface area contributed by atoms with Crippen LogP contribution in [-0.2, 0) is 5.41 Å². The first-order valence-corrected chi connectivity index (χ1v) is 12.5. The van der Waals surface area contributed by atoms with Crippen molar-refractivity contribution in [3.05, 3.63) is 35.9 Å². The van der Waals surface area contributed by atoms with E-state index in [4.69, 9.17) is 18.0 Å². The molecule has 4 bridgehead atoms. The molecule has 0 spiro atoms. The van der Waals surface area contributed by atoms with Gasteiger partial charge in [0.2, 0.25) is 0 Å². The van der Waals surface area contributed by atoms with E-state index in [9.17, 15) is 0 Å². The van der Waals surface area contributed by atoms with Gasteiger partial charge in [-0.15, -0.1) is 0 Å². The molecule has 0 saturated heterocycles. The van der Waals surface area contributed by atoms with Gasteiger partial charge in [0.1, 0.15) is 0 Å². The van der Waals surface area contributed by atoms with Gasteiger partial charge in [-0.3, -0.25) is 0 Å². The maximum absolute atomic E-state index is 6.11. The molecule has 3 heteroatoms. The molecular weight excluding hydrogens is 372 g/mol. The van der Waals surface area contributed by atoms with Crippen LogP contribution >= 0.6 is 12.2 Å². The standard InChI is InChI=1S/C26H38N2S/c1-2-25-12-19-14-26(17-25,21-6-4-3-5-7-21)15-20(13-25)23(19)24(29)28-22-10-8-18(16-27)9-11-22/h3-7,18-20,22-23H,2,8-17,27H2,1H3,(H,28,29)/t18-,19?,20?,22-,23?,25?,26?. The fraction of sp³-hybridized carbons (Fsp3) is 0.731. The Kier molecular flexibility index (Phi) is 5.27. The Hall–Kier alpha value is -0.930. The first kappa shape index (κ1) is 20.0. The summed E-state index contributed by atoms with van der Waals surface area (Å²) < 4.78 is 0. The van der Waals surface area contributed by atoms with Crippen molar-refractivity contribution in [1.82, 2.24) is 5.32 Å². The number of nitrogens with one attached hydrogen (secondary N) is 1. The highest BCUT2D eigenvalue weighted by molar-refractivity contribution is 7.80. The second-order valence-electron chi connectivity index (χ2n) is 11.0. The predicted molar refractivity (Wildman–Crippen MR) is 125 cm³/mol. The Morgan fingerprint density at radius 1 is 1.03 bits per heavy atom. The molecule has 1 aromatic rings. The predicted octanol–water partition coefficient (Wildman–Crippen LogP) is 5.60. The van der Waals surface area contributed by atoms with Gasteiger partial charge < -0.3 is 11.1 Å². The van der Waals surface area contributed by atoms with Crippen molar-refractivity contribution in [1.29, 1.82) is 0 Å². The van der Waals surface area contributed by atoms with Gasteiger partial charge in [0.15, 0.2) is 0 Å². The first-order chi connectivity index (χ1) is 14.1. The minimum absolute atomic E-state index is 0.411. The second kappa shape index (κ2) is 7.64. The fourth-order valence-corrected chi connectivity index (χ4v) is 8.69. The van der Waals surface area contributed by atoms with Crippen molar-refractivity contribution >= 4 is 17.2 Å². The third-order valence-electron chi connectivity index (χ3n) is 9.39. The lowest BCUT2D eigenvalue weighted by molar-refractivity contribution is -0.0939. The molecule has 29 heavy (non-hydrogen) atoms. The molecule has 0 aliphatic heterocycles. The molecule has 0 aromatic heterocycles. The van der Waals surface area contributed by atoms with Crippen molar-refractivity contribution in [2.75, 3.05) is 6.54 Å². The van der Waals surface area contributed by atoms with Gasteiger partial charge in [-0.25, -0.2) is 0 Å². The monoisotopic (exact) mass is 410 g/mol. The van der Waals surface area contributed by atoms with Crippen LogP contribution in [0.2, 0.25) is 0 Å². The molecule has 5 aliphatic rings. The lowest BCUT2D eigenvalue weighted by Gasteiger charge is -2.65. The van der Waals surface area contributed by atoms with Crippen LogP contribution in [-0.4, -0.2) is 17.6 Å². The molecule has 2 atom stereocenters. The van der Waals surface area contributed by atoms with E-state index in [0.29, 0.717) is 22.8 Å². The summed E-state index contributed by atoms with van der Waals surface area (Å²) in [7, 11) is 0. The van der Waals surface area contributed by atoms with Gasteiger partial charge in [0, 0.05) is 12.0 Å². The van der Waals surface area contributed by atoms with Crippen molar-refractivity contribution in [2.45, 2.75) is 82.6 Å². The summed E-state index contributed by atoms with van der Waals surface area (Å²) in [4.78, 5) is 1.21. The van der Waals surface area contributed by atoms with Crippen LogP contribution < -0.4 is 11.1 Å². The van der Waals surface area contributed by atoms with E-state index >= 15 is 0 Å². The minimum atomic E-state index is 0.411. The first-order valence-electron chi connectivity index (χ1n) is 12.1. The number of thiocarbonyl (C=S) groups is 1. The third-order valence-corrected chi connectivity index (χ3v) is 9.78. The normalized spacial score (nSPS) is 43.3. The summed E-state index contributed by atoms with van der Waals surface area (Å²) in [5, 5.41) is 3.86. The summed E-state index contributed by atoms with van der Waals surface area (Å²) in [5.74, 6) is 2.90. The fourth-order valence-electron chi connectivity index (χ4n) is 8.14. The molecule has 0 heterocycles. The van der Waals surface area contributed by atoms with Crippen LogP contribution in [0.4, 0.5) is 0 Å². The molecule has 158 valence electrons. The van der Waals surface area contributed by atoms with Crippen LogP contribution in [0.25, 0.3) is 0 Å².